The first-order valence-corrected chi connectivity index (χ1v) is 7.64. The molecule has 21 heavy (non-hydrogen) atoms. The molecule has 0 bridgehead atoms. The van der Waals surface area contributed by atoms with Crippen LogP contribution in [0.5, 0.6) is 0 Å². The van der Waals surface area contributed by atoms with Crippen LogP contribution in [-0.2, 0) is 4.79 Å². The molecule has 0 atom stereocenters. The van der Waals surface area contributed by atoms with E-state index in [1.54, 1.807) is 23.2 Å². The molecule has 1 saturated carbocycles. The van der Waals surface area contributed by atoms with Crippen LogP contribution >= 0.6 is 0 Å². The summed E-state index contributed by atoms with van der Waals surface area (Å²) in [5.74, 6) is 0.0180. The highest BCUT2D eigenvalue weighted by atomic mass is 16.2. The van der Waals surface area contributed by atoms with E-state index in [0.29, 0.717) is 18.0 Å². The first-order chi connectivity index (χ1) is 10.2. The van der Waals surface area contributed by atoms with E-state index in [1.807, 2.05) is 0 Å². The molecule has 114 valence electrons. The van der Waals surface area contributed by atoms with Crippen LogP contribution in [0.25, 0.3) is 0 Å². The third-order valence-corrected chi connectivity index (χ3v) is 4.07. The van der Waals surface area contributed by atoms with Crippen LogP contribution < -0.4 is 5.73 Å². The Balaban J connectivity index is 1.96. The molecule has 1 fully saturated rings. The van der Waals surface area contributed by atoms with Crippen LogP contribution in [0.1, 0.15) is 48.9 Å². The van der Waals surface area contributed by atoms with Gasteiger partial charge in [0.05, 0.1) is 12.1 Å². The van der Waals surface area contributed by atoms with Gasteiger partial charge in [0.1, 0.15) is 0 Å². The van der Waals surface area contributed by atoms with Gasteiger partial charge in [0, 0.05) is 18.9 Å². The maximum atomic E-state index is 12.4. The van der Waals surface area contributed by atoms with E-state index in [0.717, 1.165) is 6.42 Å². The second-order valence-electron chi connectivity index (χ2n) is 5.73. The average Bonchev–Trinajstić information content (AvgIpc) is 2.52. The lowest BCUT2D eigenvalue weighted by Crippen LogP contribution is -2.39. The third-order valence-electron chi connectivity index (χ3n) is 4.07. The van der Waals surface area contributed by atoms with Gasteiger partial charge in [-0.1, -0.05) is 32.1 Å². The zero-order valence-electron chi connectivity index (χ0n) is 12.3. The lowest BCUT2D eigenvalue weighted by molar-refractivity contribution is -0.118. The van der Waals surface area contributed by atoms with Crippen molar-refractivity contribution in [3.8, 4) is 0 Å². The molecule has 0 radical (unpaired) electrons. The van der Waals surface area contributed by atoms with Gasteiger partial charge in [-0.05, 0) is 24.5 Å². The summed E-state index contributed by atoms with van der Waals surface area (Å²) in [6, 6.07) is 3.43. The number of hydrogen-bond acceptors (Lipinski definition) is 3. The van der Waals surface area contributed by atoms with Crippen molar-refractivity contribution in [1.29, 1.82) is 0 Å². The van der Waals surface area contributed by atoms with Crippen LogP contribution in [0.3, 0.4) is 0 Å². The van der Waals surface area contributed by atoms with Gasteiger partial charge in [-0.15, -0.1) is 0 Å². The van der Waals surface area contributed by atoms with Crippen LogP contribution in [0, 0.1) is 5.92 Å². The van der Waals surface area contributed by atoms with E-state index < -0.39 is 5.91 Å². The molecule has 2 N–H and O–H groups in total. The molecular weight excluding hydrogens is 266 g/mol. The number of carbonyl (C=O) groups excluding carboxylic acids is 2. The summed E-state index contributed by atoms with van der Waals surface area (Å²) in [6.45, 7) is 0.557. The van der Waals surface area contributed by atoms with Crippen molar-refractivity contribution in [2.45, 2.75) is 38.5 Å². The Morgan fingerprint density at radius 3 is 2.67 bits per heavy atom. The van der Waals surface area contributed by atoms with E-state index in [4.69, 9.17) is 5.73 Å². The maximum absolute atomic E-state index is 12.4. The van der Waals surface area contributed by atoms with E-state index in [9.17, 15) is 9.59 Å². The van der Waals surface area contributed by atoms with Crippen LogP contribution in [0.4, 0.5) is 0 Å². The molecule has 2 amide bonds. The summed E-state index contributed by atoms with van der Waals surface area (Å²) in [7, 11) is 0. The first-order valence-electron chi connectivity index (χ1n) is 7.64. The average molecular weight is 289 g/mol. The highest BCUT2D eigenvalue weighted by Crippen LogP contribution is 2.26. The molecular formula is C16H23N3O2. The summed E-state index contributed by atoms with van der Waals surface area (Å²) < 4.78 is 0. The highest BCUT2D eigenvalue weighted by Gasteiger charge is 2.20. The Bertz CT molecular complexity index is 470. The standard InChI is InChI=1S/C16H23N3O2/c17-15(20)12-19(10-8-13-5-2-1-3-6-13)16(21)14-7-4-9-18-11-14/h4,7,9,11,13H,1-3,5-6,8,10,12H2,(H2,17,20). The van der Waals surface area contributed by atoms with Crippen LogP contribution in [-0.4, -0.2) is 34.8 Å². The molecule has 1 aromatic heterocycles. The van der Waals surface area contributed by atoms with Gasteiger partial charge >= 0.3 is 0 Å². The van der Waals surface area contributed by atoms with E-state index in [-0.39, 0.29) is 12.5 Å². The Morgan fingerprint density at radius 1 is 1.29 bits per heavy atom. The van der Waals surface area contributed by atoms with E-state index >= 15 is 0 Å². The third kappa shape index (κ3) is 4.85. The lowest BCUT2D eigenvalue weighted by atomic mass is 9.87. The molecule has 1 heterocycles. The molecule has 1 aliphatic carbocycles. The largest absolute Gasteiger partial charge is 0.368 e. The molecule has 0 unspecified atom stereocenters. The van der Waals surface area contributed by atoms with Gasteiger partial charge in [-0.2, -0.15) is 0 Å². The number of nitrogens with zero attached hydrogens (tertiary/aromatic N) is 2. The fourth-order valence-corrected chi connectivity index (χ4v) is 2.93. The van der Waals surface area contributed by atoms with Crippen molar-refractivity contribution < 1.29 is 9.59 Å². The molecule has 0 saturated heterocycles. The lowest BCUT2D eigenvalue weighted by Gasteiger charge is -2.26. The summed E-state index contributed by atoms with van der Waals surface area (Å²) >= 11 is 0. The molecule has 5 heteroatoms. The van der Waals surface area contributed by atoms with Gasteiger partial charge in [0.2, 0.25) is 5.91 Å². The van der Waals surface area contributed by atoms with E-state index in [2.05, 4.69) is 4.98 Å². The Kier molecular flexibility index (Phi) is 5.72. The molecule has 0 spiro atoms. The maximum Gasteiger partial charge on any atom is 0.255 e. The number of amides is 2. The quantitative estimate of drug-likeness (QED) is 0.870. The van der Waals surface area contributed by atoms with E-state index in [1.165, 1.54) is 38.3 Å². The summed E-state index contributed by atoms with van der Waals surface area (Å²) in [5.41, 5.74) is 5.77. The number of primary amides is 1. The summed E-state index contributed by atoms with van der Waals surface area (Å²) in [5, 5.41) is 0. The molecule has 1 aromatic rings. The first kappa shape index (κ1) is 15.5. The van der Waals surface area contributed by atoms with Crippen LogP contribution in [0.15, 0.2) is 24.5 Å². The van der Waals surface area contributed by atoms with Crippen molar-refractivity contribution in [2.24, 2.45) is 11.7 Å². The second-order valence-corrected chi connectivity index (χ2v) is 5.73. The molecule has 2 rings (SSSR count). The molecule has 1 aliphatic rings. The molecule has 0 aliphatic heterocycles. The number of rotatable bonds is 6. The fourth-order valence-electron chi connectivity index (χ4n) is 2.93. The molecule has 5 nitrogen and oxygen atoms in total. The highest BCUT2D eigenvalue weighted by molar-refractivity contribution is 5.96. The Morgan fingerprint density at radius 2 is 2.05 bits per heavy atom. The smallest absolute Gasteiger partial charge is 0.255 e. The Labute approximate surface area is 125 Å². The van der Waals surface area contributed by atoms with Crippen molar-refractivity contribution in [1.82, 2.24) is 9.88 Å². The predicted molar refractivity (Wildman–Crippen MR) is 80.5 cm³/mol. The number of nitrogens with two attached hydrogens (primary N) is 1. The monoisotopic (exact) mass is 289 g/mol. The number of hydrogen-bond donors (Lipinski definition) is 1. The minimum absolute atomic E-state index is 0.0273. The normalized spacial score (nSPS) is 15.6. The minimum Gasteiger partial charge on any atom is -0.368 e. The van der Waals surface area contributed by atoms with Crippen molar-refractivity contribution >= 4 is 11.8 Å². The number of carbonyl (C=O) groups is 2. The van der Waals surface area contributed by atoms with Gasteiger partial charge in [-0.3, -0.25) is 14.6 Å². The Hall–Kier alpha value is -1.91. The predicted octanol–water partition coefficient (Wildman–Crippen LogP) is 1.98. The zero-order valence-corrected chi connectivity index (χ0v) is 12.3. The van der Waals surface area contributed by atoms with Crippen molar-refractivity contribution in [2.75, 3.05) is 13.1 Å². The molecule has 0 aromatic carbocycles. The number of aromatic nitrogens is 1. The minimum atomic E-state index is -0.476. The zero-order chi connectivity index (χ0) is 15.1. The van der Waals surface area contributed by atoms with Gasteiger partial charge in [-0.25, -0.2) is 0 Å². The fraction of sp³-hybridized carbons (Fsp3) is 0.562. The van der Waals surface area contributed by atoms with Crippen molar-refractivity contribution in [3.63, 3.8) is 0 Å². The summed E-state index contributed by atoms with van der Waals surface area (Å²) in [4.78, 5) is 29.1. The van der Waals surface area contributed by atoms with Gasteiger partial charge in [0.15, 0.2) is 0 Å². The second kappa shape index (κ2) is 7.76. The topological polar surface area (TPSA) is 76.3 Å². The van der Waals surface area contributed by atoms with Crippen LogP contribution in [0.2, 0.25) is 0 Å². The SMILES string of the molecule is NC(=O)CN(CCC1CCCCC1)C(=O)c1cccnc1. The van der Waals surface area contributed by atoms with Crippen molar-refractivity contribution in [3.05, 3.63) is 30.1 Å². The summed E-state index contributed by atoms with van der Waals surface area (Å²) in [6.07, 6.45) is 10.4. The van der Waals surface area contributed by atoms with Gasteiger partial charge < -0.3 is 10.6 Å². The van der Waals surface area contributed by atoms with Gasteiger partial charge in [0.25, 0.3) is 5.91 Å². The number of pyridine rings is 1.